The molecule has 3 heterocycles. The van der Waals surface area contributed by atoms with Gasteiger partial charge in [-0.15, -0.1) is 0 Å². The molecular weight excluding hydrogens is 424 g/mol. The molecule has 2 aromatic carbocycles. The van der Waals surface area contributed by atoms with Crippen molar-refractivity contribution in [1.29, 1.82) is 0 Å². The molecule has 2 aromatic heterocycles. The van der Waals surface area contributed by atoms with E-state index in [9.17, 15) is 9.59 Å². The number of fused-ring (bicyclic) bond motifs is 1. The molecule has 5 rings (SSSR count). The summed E-state index contributed by atoms with van der Waals surface area (Å²) < 4.78 is 12.0. The van der Waals surface area contributed by atoms with Crippen LogP contribution in [-0.4, -0.2) is 32.6 Å². The number of hydrogen-bond acceptors (Lipinski definition) is 6. The van der Waals surface area contributed by atoms with Gasteiger partial charge in [-0.2, -0.15) is 9.78 Å². The highest BCUT2D eigenvalue weighted by atomic mass is 16.7. The average molecular weight is 444 g/mol. The fourth-order valence-electron chi connectivity index (χ4n) is 3.37. The maximum absolute atomic E-state index is 12.8. The highest BCUT2D eigenvalue weighted by molar-refractivity contribution is 5.99. The van der Waals surface area contributed by atoms with E-state index in [0.29, 0.717) is 40.0 Å². The molecule has 0 aliphatic carbocycles. The minimum Gasteiger partial charge on any atom is -0.454 e. The van der Waals surface area contributed by atoms with Crippen LogP contribution in [0.1, 0.15) is 11.3 Å². The van der Waals surface area contributed by atoms with Gasteiger partial charge in [0, 0.05) is 34.6 Å². The van der Waals surface area contributed by atoms with Gasteiger partial charge in [0.2, 0.25) is 12.7 Å². The Balaban J connectivity index is 1.48. The number of aromatic amines is 1. The third-order valence-electron chi connectivity index (χ3n) is 5.23. The molecule has 4 aromatic rings. The van der Waals surface area contributed by atoms with Crippen LogP contribution < -0.4 is 25.7 Å². The van der Waals surface area contributed by atoms with E-state index in [-0.39, 0.29) is 18.3 Å². The van der Waals surface area contributed by atoms with E-state index < -0.39 is 6.03 Å². The first-order valence-corrected chi connectivity index (χ1v) is 10.2. The normalized spacial score (nSPS) is 11.9. The van der Waals surface area contributed by atoms with Gasteiger partial charge in [0.25, 0.3) is 5.56 Å². The molecule has 0 unspecified atom stereocenters. The standard InChI is InChI=1S/C23H20N6O4/c1-13-14(2)24-22(27-21(13)30)29-20(11-17(28-29)15-6-4-3-5-7-15)26-23(31)25-16-8-9-18-19(10-16)33-12-32-18/h3-11H,12H2,1-2H3,(H,24,27,30)(H2,25,26,31). The van der Waals surface area contributed by atoms with Gasteiger partial charge < -0.3 is 14.8 Å². The molecule has 0 bridgehead atoms. The number of nitrogens with one attached hydrogen (secondary N) is 3. The lowest BCUT2D eigenvalue weighted by Crippen LogP contribution is -2.23. The Bertz CT molecular complexity index is 1410. The van der Waals surface area contributed by atoms with Gasteiger partial charge in [0.15, 0.2) is 11.5 Å². The van der Waals surface area contributed by atoms with Crippen molar-refractivity contribution in [3.8, 4) is 28.7 Å². The van der Waals surface area contributed by atoms with Crippen molar-refractivity contribution < 1.29 is 14.3 Å². The quantitative estimate of drug-likeness (QED) is 0.442. The number of aryl methyl sites for hydroxylation is 1. The van der Waals surface area contributed by atoms with Crippen LogP contribution in [0.3, 0.4) is 0 Å². The Morgan fingerprint density at radius 3 is 2.61 bits per heavy atom. The Kier molecular flexibility index (Phi) is 5.02. The first-order valence-electron chi connectivity index (χ1n) is 10.2. The van der Waals surface area contributed by atoms with Gasteiger partial charge in [-0.25, -0.2) is 9.78 Å². The fraction of sp³-hybridized carbons (Fsp3) is 0.130. The second kappa shape index (κ2) is 8.15. The van der Waals surface area contributed by atoms with Crippen LogP contribution in [0.5, 0.6) is 11.5 Å². The van der Waals surface area contributed by atoms with Gasteiger partial charge in [0.05, 0.1) is 5.69 Å². The zero-order chi connectivity index (χ0) is 22.9. The molecule has 166 valence electrons. The second-order valence-corrected chi connectivity index (χ2v) is 7.44. The molecule has 10 nitrogen and oxygen atoms in total. The maximum Gasteiger partial charge on any atom is 0.324 e. The number of urea groups is 1. The SMILES string of the molecule is Cc1nc(-n2nc(-c3ccccc3)cc2NC(=O)Nc2ccc3c(c2)OCO3)[nH]c(=O)c1C. The Morgan fingerprint density at radius 2 is 1.82 bits per heavy atom. The molecule has 0 saturated heterocycles. The summed E-state index contributed by atoms with van der Waals surface area (Å²) in [4.78, 5) is 32.3. The molecule has 10 heteroatoms. The molecule has 0 saturated carbocycles. The van der Waals surface area contributed by atoms with Crippen molar-refractivity contribution in [2.45, 2.75) is 13.8 Å². The van der Waals surface area contributed by atoms with E-state index in [1.54, 1.807) is 38.1 Å². The number of benzene rings is 2. The topological polar surface area (TPSA) is 123 Å². The van der Waals surface area contributed by atoms with E-state index in [2.05, 4.69) is 25.7 Å². The van der Waals surface area contributed by atoms with E-state index in [1.807, 2.05) is 30.3 Å². The van der Waals surface area contributed by atoms with Crippen LogP contribution in [0, 0.1) is 13.8 Å². The molecule has 0 fully saturated rings. The van der Waals surface area contributed by atoms with Crippen molar-refractivity contribution in [3.63, 3.8) is 0 Å². The van der Waals surface area contributed by atoms with Crippen molar-refractivity contribution in [3.05, 3.63) is 76.2 Å². The monoisotopic (exact) mass is 444 g/mol. The highest BCUT2D eigenvalue weighted by Gasteiger charge is 2.18. The number of carbonyl (C=O) groups excluding carboxylic acids is 1. The van der Waals surface area contributed by atoms with Gasteiger partial charge in [-0.3, -0.25) is 15.1 Å². The minimum absolute atomic E-state index is 0.146. The smallest absolute Gasteiger partial charge is 0.324 e. The largest absolute Gasteiger partial charge is 0.454 e. The number of H-pyrrole nitrogens is 1. The summed E-state index contributed by atoms with van der Waals surface area (Å²) in [6.07, 6.45) is 0. The predicted octanol–water partition coefficient (Wildman–Crippen LogP) is 3.61. The van der Waals surface area contributed by atoms with Crippen molar-refractivity contribution in [1.82, 2.24) is 19.7 Å². The zero-order valence-corrected chi connectivity index (χ0v) is 17.9. The number of anilines is 2. The van der Waals surface area contributed by atoms with Crippen molar-refractivity contribution in [2.24, 2.45) is 0 Å². The van der Waals surface area contributed by atoms with E-state index in [1.165, 1.54) is 4.68 Å². The number of hydrogen-bond donors (Lipinski definition) is 3. The van der Waals surface area contributed by atoms with Crippen LogP contribution >= 0.6 is 0 Å². The van der Waals surface area contributed by atoms with Crippen LogP contribution in [0.25, 0.3) is 17.2 Å². The maximum atomic E-state index is 12.8. The third kappa shape index (κ3) is 4.01. The first-order chi connectivity index (χ1) is 16.0. The third-order valence-corrected chi connectivity index (χ3v) is 5.23. The zero-order valence-electron chi connectivity index (χ0n) is 17.9. The summed E-state index contributed by atoms with van der Waals surface area (Å²) in [5, 5.41) is 10.1. The lowest BCUT2D eigenvalue weighted by atomic mass is 10.2. The average Bonchev–Trinajstić information content (AvgIpc) is 3.44. The fourth-order valence-corrected chi connectivity index (χ4v) is 3.37. The number of carbonyl (C=O) groups is 1. The number of nitrogens with zero attached hydrogens (tertiary/aromatic N) is 3. The van der Waals surface area contributed by atoms with Crippen molar-refractivity contribution in [2.75, 3.05) is 17.4 Å². The molecule has 33 heavy (non-hydrogen) atoms. The number of aromatic nitrogens is 4. The highest BCUT2D eigenvalue weighted by Crippen LogP contribution is 2.34. The van der Waals surface area contributed by atoms with Gasteiger partial charge in [0.1, 0.15) is 5.82 Å². The molecule has 3 N–H and O–H groups in total. The van der Waals surface area contributed by atoms with E-state index in [4.69, 9.17) is 9.47 Å². The number of rotatable bonds is 4. The Hall–Kier alpha value is -4.60. The summed E-state index contributed by atoms with van der Waals surface area (Å²) in [7, 11) is 0. The van der Waals surface area contributed by atoms with Crippen molar-refractivity contribution >= 4 is 17.5 Å². The van der Waals surface area contributed by atoms with Gasteiger partial charge in [-0.1, -0.05) is 30.3 Å². The molecule has 0 spiro atoms. The van der Waals surface area contributed by atoms with Crippen LogP contribution in [0.4, 0.5) is 16.3 Å². The molecule has 0 atom stereocenters. The second-order valence-electron chi connectivity index (χ2n) is 7.44. The molecule has 1 aliphatic heterocycles. The number of amides is 2. The molecular formula is C23H20N6O4. The van der Waals surface area contributed by atoms with Gasteiger partial charge >= 0.3 is 6.03 Å². The molecule has 0 radical (unpaired) electrons. The Labute approximate surface area is 188 Å². The van der Waals surface area contributed by atoms with Crippen LogP contribution in [-0.2, 0) is 0 Å². The molecule has 1 aliphatic rings. The molecule has 2 amide bonds. The van der Waals surface area contributed by atoms with Crippen LogP contribution in [0.15, 0.2) is 59.4 Å². The Morgan fingerprint density at radius 1 is 1.03 bits per heavy atom. The van der Waals surface area contributed by atoms with E-state index >= 15 is 0 Å². The predicted molar refractivity (Wildman–Crippen MR) is 122 cm³/mol. The lowest BCUT2D eigenvalue weighted by Gasteiger charge is -2.10. The van der Waals surface area contributed by atoms with Crippen LogP contribution in [0.2, 0.25) is 0 Å². The summed E-state index contributed by atoms with van der Waals surface area (Å²) in [5.41, 5.74) is 2.80. The first kappa shape index (κ1) is 20.3. The van der Waals surface area contributed by atoms with E-state index in [0.717, 1.165) is 5.56 Å². The number of ether oxygens (including phenoxy) is 2. The van der Waals surface area contributed by atoms with Gasteiger partial charge in [-0.05, 0) is 26.0 Å². The summed E-state index contributed by atoms with van der Waals surface area (Å²) in [5.74, 6) is 1.71. The summed E-state index contributed by atoms with van der Waals surface area (Å²) >= 11 is 0. The minimum atomic E-state index is -0.499. The lowest BCUT2D eigenvalue weighted by molar-refractivity contribution is 0.174. The summed E-state index contributed by atoms with van der Waals surface area (Å²) in [6.45, 7) is 3.59. The summed E-state index contributed by atoms with van der Waals surface area (Å²) in [6, 6.07) is 15.8.